The SMILES string of the molecule is Cc1cc(C)c(NC(=O)CSc2nnc(Cn3c(=O)sc4ccccc43)n2C)c(C)c1. The van der Waals surface area contributed by atoms with Crippen LogP contribution in [-0.2, 0) is 18.4 Å². The Kier molecular flexibility index (Phi) is 5.97. The molecule has 0 spiro atoms. The summed E-state index contributed by atoms with van der Waals surface area (Å²) in [5.74, 6) is 0.795. The minimum atomic E-state index is -0.0929. The van der Waals surface area contributed by atoms with E-state index in [1.54, 1.807) is 4.57 Å². The molecule has 31 heavy (non-hydrogen) atoms. The lowest BCUT2D eigenvalue weighted by Crippen LogP contribution is -2.17. The number of rotatable bonds is 6. The molecule has 4 aromatic rings. The van der Waals surface area contributed by atoms with Gasteiger partial charge in [0.2, 0.25) is 5.91 Å². The van der Waals surface area contributed by atoms with E-state index >= 15 is 0 Å². The number of aromatic nitrogens is 4. The van der Waals surface area contributed by atoms with Gasteiger partial charge in [0.1, 0.15) is 0 Å². The van der Waals surface area contributed by atoms with E-state index in [2.05, 4.69) is 27.6 Å². The molecule has 0 atom stereocenters. The van der Waals surface area contributed by atoms with Gasteiger partial charge in [0, 0.05) is 12.7 Å². The second-order valence-corrected chi connectivity index (χ2v) is 9.43. The molecule has 7 nitrogen and oxygen atoms in total. The number of nitrogens with one attached hydrogen (secondary N) is 1. The summed E-state index contributed by atoms with van der Waals surface area (Å²) in [6.45, 7) is 6.36. The lowest BCUT2D eigenvalue weighted by atomic mass is 10.1. The third-order valence-corrected chi connectivity index (χ3v) is 7.05. The molecule has 1 N–H and O–H groups in total. The molecule has 0 unspecified atom stereocenters. The lowest BCUT2D eigenvalue weighted by molar-refractivity contribution is -0.113. The fourth-order valence-electron chi connectivity index (χ4n) is 3.60. The zero-order chi connectivity index (χ0) is 22.1. The van der Waals surface area contributed by atoms with E-state index in [9.17, 15) is 9.59 Å². The molecule has 9 heteroatoms. The van der Waals surface area contributed by atoms with Crippen molar-refractivity contribution < 1.29 is 4.79 Å². The van der Waals surface area contributed by atoms with Crippen LogP contribution < -0.4 is 10.2 Å². The number of para-hydroxylation sites is 1. The highest BCUT2D eigenvalue weighted by molar-refractivity contribution is 7.99. The molecule has 0 radical (unpaired) electrons. The molecule has 0 aliphatic heterocycles. The Labute approximate surface area is 188 Å². The standard InChI is InChI=1S/C22H23N5O2S2/c1-13-9-14(2)20(15(3)10-13)23-19(28)12-30-21-25-24-18(26(21)4)11-27-16-7-5-6-8-17(16)31-22(27)29/h5-10H,11-12H2,1-4H3,(H,23,28). The molecule has 0 aliphatic rings. The third kappa shape index (κ3) is 4.42. The van der Waals surface area contributed by atoms with Crippen molar-refractivity contribution in [2.45, 2.75) is 32.5 Å². The number of hydrogen-bond donors (Lipinski definition) is 1. The number of nitrogens with zero attached hydrogens (tertiary/aromatic N) is 4. The highest BCUT2D eigenvalue weighted by Crippen LogP contribution is 2.23. The molecule has 2 heterocycles. The van der Waals surface area contributed by atoms with Crippen molar-refractivity contribution in [1.82, 2.24) is 19.3 Å². The molecule has 1 amide bonds. The van der Waals surface area contributed by atoms with Gasteiger partial charge in [-0.3, -0.25) is 14.2 Å². The average molecular weight is 454 g/mol. The molecular formula is C22H23N5O2S2. The van der Waals surface area contributed by atoms with E-state index in [1.807, 2.05) is 56.7 Å². The van der Waals surface area contributed by atoms with E-state index in [1.165, 1.54) is 28.7 Å². The van der Waals surface area contributed by atoms with Crippen molar-refractivity contribution in [3.8, 4) is 0 Å². The van der Waals surface area contributed by atoms with Crippen LogP contribution in [0.4, 0.5) is 5.69 Å². The van der Waals surface area contributed by atoms with Gasteiger partial charge in [0.25, 0.3) is 0 Å². The number of amides is 1. The van der Waals surface area contributed by atoms with Crippen molar-refractivity contribution >= 4 is 44.9 Å². The first kappa shape index (κ1) is 21.3. The summed E-state index contributed by atoms with van der Waals surface area (Å²) in [5, 5.41) is 12.1. The van der Waals surface area contributed by atoms with Gasteiger partial charge < -0.3 is 9.88 Å². The van der Waals surface area contributed by atoms with Crippen LogP contribution in [0.2, 0.25) is 0 Å². The number of hydrogen-bond acceptors (Lipinski definition) is 6. The topological polar surface area (TPSA) is 81.8 Å². The van der Waals surface area contributed by atoms with Gasteiger partial charge in [-0.15, -0.1) is 10.2 Å². The van der Waals surface area contributed by atoms with Crippen LogP contribution in [0.3, 0.4) is 0 Å². The Morgan fingerprint density at radius 2 is 1.84 bits per heavy atom. The molecular weight excluding hydrogens is 430 g/mol. The van der Waals surface area contributed by atoms with Crippen LogP contribution >= 0.6 is 23.1 Å². The van der Waals surface area contributed by atoms with Gasteiger partial charge in [-0.2, -0.15) is 0 Å². The summed E-state index contributed by atoms with van der Waals surface area (Å²) in [6, 6.07) is 11.8. The molecule has 0 fully saturated rings. The van der Waals surface area contributed by atoms with Crippen LogP contribution in [0.1, 0.15) is 22.5 Å². The van der Waals surface area contributed by atoms with Gasteiger partial charge in [-0.25, -0.2) is 0 Å². The number of carbonyl (C=O) groups excluding carboxylic acids is 1. The fourth-order valence-corrected chi connectivity index (χ4v) is 5.22. The van der Waals surface area contributed by atoms with E-state index in [0.29, 0.717) is 17.5 Å². The van der Waals surface area contributed by atoms with Crippen molar-refractivity contribution in [3.05, 3.63) is 68.6 Å². The van der Waals surface area contributed by atoms with Crippen molar-refractivity contribution in [3.63, 3.8) is 0 Å². The molecule has 0 aliphatic carbocycles. The normalized spacial score (nSPS) is 11.2. The van der Waals surface area contributed by atoms with Gasteiger partial charge in [-0.1, -0.05) is 52.9 Å². The summed E-state index contributed by atoms with van der Waals surface area (Å²) in [5.41, 5.74) is 5.01. The molecule has 0 bridgehead atoms. The smallest absolute Gasteiger partial charge is 0.308 e. The maximum atomic E-state index is 12.5. The Morgan fingerprint density at radius 1 is 1.13 bits per heavy atom. The van der Waals surface area contributed by atoms with E-state index in [0.717, 1.165) is 27.0 Å². The molecule has 4 rings (SSSR count). The van der Waals surface area contributed by atoms with Gasteiger partial charge in [0.15, 0.2) is 11.0 Å². The monoisotopic (exact) mass is 453 g/mol. The van der Waals surface area contributed by atoms with E-state index in [-0.39, 0.29) is 16.5 Å². The Balaban J connectivity index is 1.45. The van der Waals surface area contributed by atoms with Crippen LogP contribution in [-0.4, -0.2) is 31.0 Å². The zero-order valence-corrected chi connectivity index (χ0v) is 19.4. The number of anilines is 1. The zero-order valence-electron chi connectivity index (χ0n) is 17.8. The van der Waals surface area contributed by atoms with Gasteiger partial charge >= 0.3 is 4.87 Å². The number of thiazole rings is 1. The summed E-state index contributed by atoms with van der Waals surface area (Å²) >= 11 is 2.54. The largest absolute Gasteiger partial charge is 0.325 e. The maximum Gasteiger partial charge on any atom is 0.308 e. The highest BCUT2D eigenvalue weighted by atomic mass is 32.2. The highest BCUT2D eigenvalue weighted by Gasteiger charge is 2.15. The van der Waals surface area contributed by atoms with Gasteiger partial charge in [0.05, 0.1) is 22.5 Å². The van der Waals surface area contributed by atoms with E-state index in [4.69, 9.17) is 0 Å². The number of fused-ring (bicyclic) bond motifs is 1. The maximum absolute atomic E-state index is 12.5. The Hall–Kier alpha value is -2.91. The van der Waals surface area contributed by atoms with Crippen LogP contribution in [0.25, 0.3) is 10.2 Å². The van der Waals surface area contributed by atoms with Crippen molar-refractivity contribution in [2.24, 2.45) is 7.05 Å². The van der Waals surface area contributed by atoms with Crippen LogP contribution in [0.15, 0.2) is 46.3 Å². The molecule has 2 aromatic carbocycles. The number of thioether (sulfide) groups is 1. The van der Waals surface area contributed by atoms with Gasteiger partial charge in [-0.05, 0) is 44.0 Å². The first-order chi connectivity index (χ1) is 14.8. The number of aryl methyl sites for hydroxylation is 3. The first-order valence-electron chi connectivity index (χ1n) is 9.80. The minimum Gasteiger partial charge on any atom is -0.325 e. The summed E-state index contributed by atoms with van der Waals surface area (Å²) in [7, 11) is 1.85. The lowest BCUT2D eigenvalue weighted by Gasteiger charge is -2.12. The number of carbonyl (C=O) groups is 1. The second-order valence-electron chi connectivity index (χ2n) is 7.49. The molecule has 0 saturated carbocycles. The molecule has 160 valence electrons. The van der Waals surface area contributed by atoms with Crippen molar-refractivity contribution in [2.75, 3.05) is 11.1 Å². The quantitative estimate of drug-likeness (QED) is 0.448. The molecule has 0 saturated heterocycles. The van der Waals surface area contributed by atoms with Crippen molar-refractivity contribution in [1.29, 1.82) is 0 Å². The minimum absolute atomic E-state index is 0.0263. The summed E-state index contributed by atoms with van der Waals surface area (Å²) < 4.78 is 4.48. The summed E-state index contributed by atoms with van der Waals surface area (Å²) in [4.78, 5) is 24.9. The summed E-state index contributed by atoms with van der Waals surface area (Å²) in [6.07, 6.45) is 0. The third-order valence-electron chi connectivity index (χ3n) is 5.07. The Morgan fingerprint density at radius 3 is 2.58 bits per heavy atom. The average Bonchev–Trinajstić information content (AvgIpc) is 3.23. The fraction of sp³-hybridized carbons (Fsp3) is 0.273. The predicted molar refractivity (Wildman–Crippen MR) is 126 cm³/mol. The van der Waals surface area contributed by atoms with E-state index < -0.39 is 0 Å². The van der Waals surface area contributed by atoms with Crippen LogP contribution in [0.5, 0.6) is 0 Å². The molecule has 2 aromatic heterocycles. The number of benzene rings is 2. The predicted octanol–water partition coefficient (Wildman–Crippen LogP) is 3.90. The van der Waals surface area contributed by atoms with Crippen LogP contribution in [0, 0.1) is 20.8 Å². The Bertz CT molecular complexity index is 1310. The first-order valence-corrected chi connectivity index (χ1v) is 11.6. The second kappa shape index (κ2) is 8.68.